The number of hydrogen-bond donors (Lipinski definition) is 1. The second-order valence-electron chi connectivity index (χ2n) is 2.27. The Morgan fingerprint density at radius 2 is 2.08 bits per heavy atom. The van der Waals surface area contributed by atoms with Crippen LogP contribution in [0.2, 0.25) is 5.02 Å². The van der Waals surface area contributed by atoms with Crippen LogP contribution in [0.15, 0.2) is 43.0 Å². The lowest BCUT2D eigenvalue weighted by molar-refractivity contribution is 0.512. The van der Waals surface area contributed by atoms with Gasteiger partial charge in [-0.1, -0.05) is 36.4 Å². The van der Waals surface area contributed by atoms with Gasteiger partial charge < -0.3 is 5.11 Å². The molecule has 0 atom stereocenters. The fraction of sp³-hybridized carbons (Fsp3) is 0. The Hall–Kier alpha value is -1.21. The van der Waals surface area contributed by atoms with E-state index in [1.807, 2.05) is 12.1 Å². The van der Waals surface area contributed by atoms with Crippen LogP contribution in [0.3, 0.4) is 0 Å². The number of aliphatic hydroxyl groups excluding tert-OH is 1. The normalized spacial score (nSPS) is 11.2. The molecule has 0 aliphatic carbocycles. The smallest absolute Gasteiger partial charge is 0.124 e. The number of rotatable bonds is 2. The first kappa shape index (κ1) is 8.88. The summed E-state index contributed by atoms with van der Waals surface area (Å²) in [5.41, 5.74) is 0.624. The molecule has 0 heterocycles. The van der Waals surface area contributed by atoms with Gasteiger partial charge in [-0.15, -0.1) is 0 Å². The molecule has 0 radical (unpaired) electrons. The van der Waals surface area contributed by atoms with Crippen molar-refractivity contribution >= 4 is 17.4 Å². The third kappa shape index (κ3) is 1.89. The van der Waals surface area contributed by atoms with Gasteiger partial charge in [0.25, 0.3) is 0 Å². The van der Waals surface area contributed by atoms with E-state index in [2.05, 4.69) is 6.58 Å². The maximum Gasteiger partial charge on any atom is 0.124 e. The summed E-state index contributed by atoms with van der Waals surface area (Å²) in [4.78, 5) is 0. The van der Waals surface area contributed by atoms with Crippen LogP contribution in [0.25, 0.3) is 5.76 Å². The molecular weight excluding hydrogens is 172 g/mol. The van der Waals surface area contributed by atoms with Crippen LogP contribution in [-0.4, -0.2) is 5.11 Å². The third-order valence-electron chi connectivity index (χ3n) is 1.43. The molecule has 0 bridgehead atoms. The summed E-state index contributed by atoms with van der Waals surface area (Å²) < 4.78 is 0. The first-order chi connectivity index (χ1) is 5.75. The summed E-state index contributed by atoms with van der Waals surface area (Å²) >= 11 is 5.82. The fourth-order valence-electron chi connectivity index (χ4n) is 0.870. The van der Waals surface area contributed by atoms with E-state index in [9.17, 15) is 5.11 Å². The summed E-state index contributed by atoms with van der Waals surface area (Å²) in [5, 5.41) is 9.94. The van der Waals surface area contributed by atoms with E-state index >= 15 is 0 Å². The molecule has 0 saturated heterocycles. The van der Waals surface area contributed by atoms with Gasteiger partial charge in [0, 0.05) is 5.56 Å². The molecule has 1 aromatic rings. The maximum absolute atomic E-state index is 9.41. The number of benzene rings is 1. The summed E-state index contributed by atoms with van der Waals surface area (Å²) in [6, 6.07) is 7.10. The van der Waals surface area contributed by atoms with Crippen LogP contribution >= 0.6 is 11.6 Å². The maximum atomic E-state index is 9.41. The van der Waals surface area contributed by atoms with Crippen molar-refractivity contribution in [3.8, 4) is 0 Å². The Morgan fingerprint density at radius 3 is 2.67 bits per heavy atom. The lowest BCUT2D eigenvalue weighted by atomic mass is 10.2. The van der Waals surface area contributed by atoms with Gasteiger partial charge >= 0.3 is 0 Å². The van der Waals surface area contributed by atoms with E-state index in [-0.39, 0.29) is 5.76 Å². The Morgan fingerprint density at radius 1 is 1.42 bits per heavy atom. The topological polar surface area (TPSA) is 20.2 Å². The SMILES string of the molecule is C=C/C=C(/O)c1ccccc1Cl. The molecule has 62 valence electrons. The first-order valence-electron chi connectivity index (χ1n) is 3.52. The molecule has 1 N–H and O–H groups in total. The Labute approximate surface area is 76.6 Å². The average Bonchev–Trinajstić information content (AvgIpc) is 2.05. The summed E-state index contributed by atoms with van der Waals surface area (Å²) in [6.45, 7) is 3.48. The lowest BCUT2D eigenvalue weighted by Crippen LogP contribution is -1.82. The molecule has 0 aromatic heterocycles. The molecule has 0 aliphatic heterocycles. The Kier molecular flexibility index (Phi) is 2.94. The van der Waals surface area contributed by atoms with Crippen molar-refractivity contribution in [3.05, 3.63) is 53.6 Å². The van der Waals surface area contributed by atoms with Crippen molar-refractivity contribution in [3.63, 3.8) is 0 Å². The Balaban J connectivity index is 3.10. The molecule has 0 aliphatic rings. The van der Waals surface area contributed by atoms with Crippen LogP contribution in [0.5, 0.6) is 0 Å². The molecule has 12 heavy (non-hydrogen) atoms. The van der Waals surface area contributed by atoms with Crippen LogP contribution in [0.1, 0.15) is 5.56 Å². The molecule has 1 nitrogen and oxygen atoms in total. The average molecular weight is 181 g/mol. The molecule has 2 heteroatoms. The zero-order valence-electron chi connectivity index (χ0n) is 6.50. The van der Waals surface area contributed by atoms with E-state index in [1.165, 1.54) is 12.2 Å². The van der Waals surface area contributed by atoms with E-state index in [0.29, 0.717) is 10.6 Å². The molecule has 0 spiro atoms. The van der Waals surface area contributed by atoms with Crippen molar-refractivity contribution in [1.82, 2.24) is 0 Å². The van der Waals surface area contributed by atoms with E-state index in [0.717, 1.165) is 0 Å². The second kappa shape index (κ2) is 3.98. The highest BCUT2D eigenvalue weighted by atomic mass is 35.5. The van der Waals surface area contributed by atoms with Gasteiger partial charge in [0.1, 0.15) is 5.76 Å². The predicted octanol–water partition coefficient (Wildman–Crippen LogP) is 3.42. The largest absolute Gasteiger partial charge is 0.507 e. The van der Waals surface area contributed by atoms with Gasteiger partial charge in [0.05, 0.1) is 5.02 Å². The van der Waals surface area contributed by atoms with Crippen molar-refractivity contribution in [2.45, 2.75) is 0 Å². The Bertz CT molecular complexity index is 315. The molecule has 0 amide bonds. The molecule has 0 unspecified atom stereocenters. The van der Waals surface area contributed by atoms with Crippen LogP contribution in [-0.2, 0) is 0 Å². The van der Waals surface area contributed by atoms with Gasteiger partial charge in [-0.3, -0.25) is 0 Å². The zero-order chi connectivity index (χ0) is 8.97. The number of aliphatic hydroxyl groups is 1. The van der Waals surface area contributed by atoms with Gasteiger partial charge in [0.2, 0.25) is 0 Å². The summed E-state index contributed by atoms with van der Waals surface area (Å²) in [5.74, 6) is 0.135. The third-order valence-corrected chi connectivity index (χ3v) is 1.76. The van der Waals surface area contributed by atoms with E-state index in [4.69, 9.17) is 11.6 Å². The van der Waals surface area contributed by atoms with Gasteiger partial charge in [-0.2, -0.15) is 0 Å². The van der Waals surface area contributed by atoms with Crippen molar-refractivity contribution in [2.75, 3.05) is 0 Å². The molecular formula is C10H9ClO. The van der Waals surface area contributed by atoms with E-state index in [1.54, 1.807) is 12.1 Å². The standard InChI is InChI=1S/C10H9ClO/c1-2-5-10(12)8-6-3-4-7-9(8)11/h2-7,12H,1H2/b10-5+. The lowest BCUT2D eigenvalue weighted by Gasteiger charge is -2.00. The number of halogens is 1. The summed E-state index contributed by atoms with van der Waals surface area (Å²) in [6.07, 6.45) is 3.01. The van der Waals surface area contributed by atoms with Crippen LogP contribution in [0.4, 0.5) is 0 Å². The van der Waals surface area contributed by atoms with Crippen molar-refractivity contribution in [2.24, 2.45) is 0 Å². The molecule has 1 rings (SSSR count). The van der Waals surface area contributed by atoms with Gasteiger partial charge in [-0.05, 0) is 18.2 Å². The van der Waals surface area contributed by atoms with Crippen LogP contribution in [0, 0.1) is 0 Å². The summed E-state index contributed by atoms with van der Waals surface area (Å²) in [7, 11) is 0. The van der Waals surface area contributed by atoms with Gasteiger partial charge in [0.15, 0.2) is 0 Å². The first-order valence-corrected chi connectivity index (χ1v) is 3.90. The highest BCUT2D eigenvalue weighted by Crippen LogP contribution is 2.21. The highest BCUT2D eigenvalue weighted by molar-refractivity contribution is 6.32. The molecule has 1 aromatic carbocycles. The van der Waals surface area contributed by atoms with Crippen LogP contribution < -0.4 is 0 Å². The molecule has 0 fully saturated rings. The van der Waals surface area contributed by atoms with Crippen molar-refractivity contribution in [1.29, 1.82) is 0 Å². The fourth-order valence-corrected chi connectivity index (χ4v) is 1.10. The minimum atomic E-state index is 0.135. The zero-order valence-corrected chi connectivity index (χ0v) is 7.25. The van der Waals surface area contributed by atoms with Crippen molar-refractivity contribution < 1.29 is 5.11 Å². The minimum absolute atomic E-state index is 0.135. The van der Waals surface area contributed by atoms with Gasteiger partial charge in [-0.25, -0.2) is 0 Å². The second-order valence-corrected chi connectivity index (χ2v) is 2.67. The number of allylic oxidation sites excluding steroid dienone is 2. The predicted molar refractivity (Wildman–Crippen MR) is 52.3 cm³/mol. The molecule has 0 saturated carbocycles. The quantitative estimate of drug-likeness (QED) is 0.546. The van der Waals surface area contributed by atoms with E-state index < -0.39 is 0 Å². The highest BCUT2D eigenvalue weighted by Gasteiger charge is 2.01. The monoisotopic (exact) mass is 180 g/mol. The number of hydrogen-bond acceptors (Lipinski definition) is 1. The minimum Gasteiger partial charge on any atom is -0.507 e.